The Morgan fingerprint density at radius 1 is 0.662 bits per heavy atom. The van der Waals surface area contributed by atoms with Gasteiger partial charge in [-0.2, -0.15) is 0 Å². The van der Waals surface area contributed by atoms with Crippen molar-refractivity contribution < 1.29 is 68.4 Å². The van der Waals surface area contributed by atoms with E-state index in [-0.39, 0.29) is 43.9 Å². The van der Waals surface area contributed by atoms with Crippen LogP contribution in [0.4, 0.5) is 0 Å². The van der Waals surface area contributed by atoms with E-state index in [9.17, 15) is 68.4 Å². The SMILES string of the molecule is CC(C)C[C@H](N)C(=O)N[C@@H](Cc1c[nH]c2ccccc12)C(=O)N[C@@H](Cc1ccc(O)cc1)C(=O)N[C@@H](CC(=O)O)C(=O)NCC(=O)N[C@H](C(=O)N[C@@H](CC(N)=O)C(=O)N[C@@H](CCCCN)C(=O)O)[C@@H](C)O. The Labute approximate surface area is 408 Å². The summed E-state index contributed by atoms with van der Waals surface area (Å²) in [6.45, 7) is 4.09. The number of hydrogen-bond donors (Lipinski definition) is 15. The molecule has 2 aromatic carbocycles. The number of carboxylic acid groups (broad SMARTS) is 2. The van der Waals surface area contributed by atoms with Crippen LogP contribution in [-0.2, 0) is 60.8 Å². The van der Waals surface area contributed by atoms with Crippen molar-refractivity contribution in [2.24, 2.45) is 23.1 Å². The van der Waals surface area contributed by atoms with Crippen LogP contribution in [0, 0.1) is 5.92 Å². The Bertz CT molecular complexity index is 2360. The van der Waals surface area contributed by atoms with Gasteiger partial charge in [0, 0.05) is 29.9 Å². The monoisotopic (exact) mass is 995 g/mol. The number of nitrogens with one attached hydrogen (secondary N) is 8. The molecule has 0 fully saturated rings. The van der Waals surface area contributed by atoms with Crippen LogP contribution >= 0.6 is 0 Å². The Morgan fingerprint density at radius 3 is 1.82 bits per heavy atom. The standard InChI is InChI=1S/C46H65N11O14/c1-23(2)16-29(48)40(64)53-33(18-26-21-50-30-9-5-4-8-28(26)30)43(67)54-32(17-25-11-13-27(59)14-12-25)42(66)55-35(20-38(62)63)41(65)51-22-37(61)57-39(24(3)58)45(69)56-34(19-36(49)60)44(68)52-31(46(70)71)10-6-7-15-47/h4-5,8-9,11-14,21,23-24,29,31-35,39,50,58-59H,6-7,10,15-20,22,47-48H2,1-3H3,(H2,49,60)(H,51,65)(H,52,68)(H,53,64)(H,54,67)(H,55,66)(H,56,69)(H,57,61)(H,62,63)(H,70,71)/t24-,29+,31+,32+,33+,34+,35+,39+/m1/s1. The second-order valence-corrected chi connectivity index (χ2v) is 17.4. The summed E-state index contributed by atoms with van der Waals surface area (Å²) in [7, 11) is 0. The highest BCUT2D eigenvalue weighted by atomic mass is 16.4. The molecule has 0 radical (unpaired) electrons. The Hall–Kier alpha value is -7.64. The minimum Gasteiger partial charge on any atom is -0.508 e. The zero-order chi connectivity index (χ0) is 52.9. The zero-order valence-corrected chi connectivity index (χ0v) is 39.6. The minimum atomic E-state index is -1.89. The number of amides is 8. The summed E-state index contributed by atoms with van der Waals surface area (Å²) in [5.41, 5.74) is 18.7. The number of rotatable bonds is 30. The molecule has 25 heteroatoms. The number of aromatic amines is 1. The first-order valence-electron chi connectivity index (χ1n) is 22.8. The lowest BCUT2D eigenvalue weighted by atomic mass is 10.00. The number of phenolic OH excluding ortho intramolecular Hbond substituents is 1. The van der Waals surface area contributed by atoms with Crippen LogP contribution in [0.3, 0.4) is 0 Å². The lowest BCUT2D eigenvalue weighted by molar-refractivity contribution is -0.143. The van der Waals surface area contributed by atoms with Crippen molar-refractivity contribution in [2.45, 2.75) is 121 Å². The summed E-state index contributed by atoms with van der Waals surface area (Å²) in [6, 6.07) is 1.97. The molecule has 3 aromatic rings. The van der Waals surface area contributed by atoms with Gasteiger partial charge in [0.1, 0.15) is 42.0 Å². The number of nitrogens with two attached hydrogens (primary N) is 3. The lowest BCUT2D eigenvalue weighted by Gasteiger charge is -2.26. The number of carbonyl (C=O) groups is 10. The van der Waals surface area contributed by atoms with Crippen LogP contribution < -0.4 is 54.4 Å². The van der Waals surface area contributed by atoms with E-state index in [4.69, 9.17) is 17.2 Å². The number of aliphatic hydroxyl groups excluding tert-OH is 1. The van der Waals surface area contributed by atoms with Gasteiger partial charge in [-0.25, -0.2) is 4.79 Å². The van der Waals surface area contributed by atoms with Gasteiger partial charge in [0.05, 0.1) is 31.5 Å². The quantitative estimate of drug-likeness (QED) is 0.0296. The van der Waals surface area contributed by atoms with Gasteiger partial charge in [-0.1, -0.05) is 44.2 Å². The minimum absolute atomic E-state index is 0.0304. The van der Waals surface area contributed by atoms with Crippen LogP contribution in [0.15, 0.2) is 54.7 Å². The first kappa shape index (κ1) is 57.7. The highest BCUT2D eigenvalue weighted by Crippen LogP contribution is 2.20. The molecule has 0 bridgehead atoms. The highest BCUT2D eigenvalue weighted by Gasteiger charge is 2.35. The van der Waals surface area contributed by atoms with E-state index in [0.717, 1.165) is 17.8 Å². The first-order valence-corrected chi connectivity index (χ1v) is 22.8. The summed E-state index contributed by atoms with van der Waals surface area (Å²) >= 11 is 0. The number of H-pyrrole nitrogens is 1. The fourth-order valence-electron chi connectivity index (χ4n) is 7.24. The molecule has 3 rings (SSSR count). The largest absolute Gasteiger partial charge is 0.508 e. The number of aliphatic hydroxyl groups is 1. The molecule has 18 N–H and O–H groups in total. The predicted molar refractivity (Wildman–Crippen MR) is 254 cm³/mol. The maximum atomic E-state index is 14.2. The molecular weight excluding hydrogens is 931 g/mol. The third-order valence-electron chi connectivity index (χ3n) is 10.9. The molecular formula is C46H65N11O14. The van der Waals surface area contributed by atoms with Crippen molar-refractivity contribution in [1.29, 1.82) is 0 Å². The molecule has 388 valence electrons. The van der Waals surface area contributed by atoms with Crippen molar-refractivity contribution >= 4 is 70.1 Å². The molecule has 0 spiro atoms. The van der Waals surface area contributed by atoms with E-state index in [0.29, 0.717) is 24.0 Å². The number of fused-ring (bicyclic) bond motifs is 1. The second kappa shape index (κ2) is 28.1. The number of carboxylic acids is 2. The van der Waals surface area contributed by atoms with Gasteiger partial charge in [-0.05, 0) is 74.4 Å². The summed E-state index contributed by atoms with van der Waals surface area (Å²) in [5, 5.41) is 56.6. The van der Waals surface area contributed by atoms with Crippen molar-refractivity contribution in [3.63, 3.8) is 0 Å². The molecule has 0 saturated carbocycles. The number of para-hydroxylation sites is 1. The Balaban J connectivity index is 1.81. The molecule has 71 heavy (non-hydrogen) atoms. The van der Waals surface area contributed by atoms with E-state index in [1.807, 2.05) is 26.0 Å². The molecule has 0 unspecified atom stereocenters. The summed E-state index contributed by atoms with van der Waals surface area (Å²) in [4.78, 5) is 133. The normalized spacial score (nSPS) is 14.5. The third kappa shape index (κ3) is 19.3. The maximum absolute atomic E-state index is 14.2. The van der Waals surface area contributed by atoms with Gasteiger partial charge in [-0.3, -0.25) is 43.2 Å². The number of carbonyl (C=O) groups excluding carboxylic acids is 8. The lowest BCUT2D eigenvalue weighted by Crippen LogP contribution is -2.60. The van der Waals surface area contributed by atoms with E-state index >= 15 is 0 Å². The van der Waals surface area contributed by atoms with Crippen molar-refractivity contribution in [3.05, 3.63) is 65.9 Å². The summed E-state index contributed by atoms with van der Waals surface area (Å²) in [5.74, 6) is -11.4. The number of aromatic nitrogens is 1. The molecule has 8 amide bonds. The number of hydrogen-bond acceptors (Lipinski definition) is 14. The molecule has 1 heterocycles. The average Bonchev–Trinajstić information content (AvgIpc) is 3.70. The number of primary amides is 1. The van der Waals surface area contributed by atoms with E-state index in [1.54, 1.807) is 18.3 Å². The molecule has 0 saturated heterocycles. The predicted octanol–water partition coefficient (Wildman–Crippen LogP) is -3.00. The van der Waals surface area contributed by atoms with E-state index in [1.165, 1.54) is 24.3 Å². The Morgan fingerprint density at radius 2 is 1.23 bits per heavy atom. The molecule has 8 atom stereocenters. The highest BCUT2D eigenvalue weighted by molar-refractivity contribution is 5.99. The first-order chi connectivity index (χ1) is 33.5. The topological polar surface area (TPSA) is 430 Å². The van der Waals surface area contributed by atoms with Gasteiger partial charge in [0.15, 0.2) is 0 Å². The smallest absolute Gasteiger partial charge is 0.326 e. The van der Waals surface area contributed by atoms with Gasteiger partial charge < -0.3 is 79.8 Å². The summed E-state index contributed by atoms with van der Waals surface area (Å²) in [6.07, 6.45) is -1.19. The van der Waals surface area contributed by atoms with E-state index in [2.05, 4.69) is 42.2 Å². The fraction of sp³-hybridized carbons (Fsp3) is 0.478. The average molecular weight is 996 g/mol. The number of benzene rings is 2. The van der Waals surface area contributed by atoms with Crippen LogP contribution in [-0.4, -0.2) is 146 Å². The number of phenols is 1. The van der Waals surface area contributed by atoms with E-state index < -0.39 is 127 Å². The fourth-order valence-corrected chi connectivity index (χ4v) is 7.24. The number of unbranched alkanes of at least 4 members (excludes halogenated alkanes) is 1. The Kier molecular flexibility index (Phi) is 22.9. The van der Waals surface area contributed by atoms with Gasteiger partial charge >= 0.3 is 11.9 Å². The van der Waals surface area contributed by atoms with Crippen LogP contribution in [0.1, 0.15) is 70.4 Å². The summed E-state index contributed by atoms with van der Waals surface area (Å²) < 4.78 is 0. The molecule has 0 aliphatic carbocycles. The van der Waals surface area contributed by atoms with Crippen LogP contribution in [0.2, 0.25) is 0 Å². The molecule has 0 aliphatic rings. The molecule has 0 aliphatic heterocycles. The third-order valence-corrected chi connectivity index (χ3v) is 10.9. The van der Waals surface area contributed by atoms with Crippen LogP contribution in [0.25, 0.3) is 10.9 Å². The molecule has 25 nitrogen and oxygen atoms in total. The van der Waals surface area contributed by atoms with Crippen molar-refractivity contribution in [2.75, 3.05) is 13.1 Å². The van der Waals surface area contributed by atoms with Gasteiger partial charge in [0.2, 0.25) is 47.3 Å². The number of aromatic hydroxyl groups is 1. The second-order valence-electron chi connectivity index (χ2n) is 17.4. The number of aliphatic carboxylic acids is 2. The van der Waals surface area contributed by atoms with Crippen LogP contribution in [0.5, 0.6) is 5.75 Å². The van der Waals surface area contributed by atoms with Crippen molar-refractivity contribution in [3.8, 4) is 5.75 Å². The maximum Gasteiger partial charge on any atom is 0.326 e. The van der Waals surface area contributed by atoms with Gasteiger partial charge in [0.25, 0.3) is 0 Å². The van der Waals surface area contributed by atoms with Gasteiger partial charge in [-0.15, -0.1) is 0 Å². The van der Waals surface area contributed by atoms with Crippen molar-refractivity contribution in [1.82, 2.24) is 42.2 Å². The zero-order valence-electron chi connectivity index (χ0n) is 39.6. The molecule has 1 aromatic heterocycles.